The van der Waals surface area contributed by atoms with E-state index >= 15 is 0 Å². The van der Waals surface area contributed by atoms with Crippen LogP contribution in [0.1, 0.15) is 64.7 Å². The molecule has 6 nitrogen and oxygen atoms in total. The minimum Gasteiger partial charge on any atom is -0.464 e. The number of carbonyl (C=O) groups excluding carboxylic acids is 2. The lowest BCUT2D eigenvalue weighted by atomic mass is 9.90. The minimum atomic E-state index is -0.665. The molecule has 29 heavy (non-hydrogen) atoms. The molecule has 1 fully saturated rings. The molecule has 166 valence electrons. The van der Waals surface area contributed by atoms with Gasteiger partial charge in [0.15, 0.2) is 0 Å². The van der Waals surface area contributed by atoms with Crippen molar-refractivity contribution in [1.29, 1.82) is 0 Å². The van der Waals surface area contributed by atoms with Crippen LogP contribution in [-0.2, 0) is 19.1 Å². The molecule has 0 saturated heterocycles. The van der Waals surface area contributed by atoms with E-state index in [1.165, 1.54) is 7.11 Å². The first kappa shape index (κ1) is 25.5. The third kappa shape index (κ3) is 10.7. The van der Waals surface area contributed by atoms with Crippen LogP contribution in [0.2, 0.25) is 0 Å². The summed E-state index contributed by atoms with van der Waals surface area (Å²) in [5.74, 6) is -0.721. The van der Waals surface area contributed by atoms with E-state index in [1.54, 1.807) is 6.08 Å². The average molecular weight is 411 g/mol. The van der Waals surface area contributed by atoms with E-state index in [-0.39, 0.29) is 36.6 Å². The zero-order chi connectivity index (χ0) is 21.5. The molecule has 0 unspecified atom stereocenters. The summed E-state index contributed by atoms with van der Waals surface area (Å²) in [4.78, 5) is 23.4. The van der Waals surface area contributed by atoms with Gasteiger partial charge in [-0.1, -0.05) is 50.5 Å². The van der Waals surface area contributed by atoms with Crippen LogP contribution in [0.4, 0.5) is 0 Å². The Labute approximate surface area is 175 Å². The fourth-order valence-electron chi connectivity index (χ4n) is 3.55. The molecule has 4 atom stereocenters. The van der Waals surface area contributed by atoms with Crippen LogP contribution in [-0.4, -0.2) is 54.5 Å². The van der Waals surface area contributed by atoms with Gasteiger partial charge in [0.25, 0.3) is 0 Å². The number of aliphatic hydroxyl groups is 2. The number of rotatable bonds is 15. The van der Waals surface area contributed by atoms with Crippen molar-refractivity contribution in [3.63, 3.8) is 0 Å². The van der Waals surface area contributed by atoms with E-state index in [1.807, 2.05) is 18.2 Å². The van der Waals surface area contributed by atoms with Gasteiger partial charge in [0.05, 0.1) is 18.8 Å². The zero-order valence-electron chi connectivity index (χ0n) is 17.9. The van der Waals surface area contributed by atoms with Gasteiger partial charge in [0.2, 0.25) is 0 Å². The lowest BCUT2D eigenvalue weighted by Crippen LogP contribution is -2.18. The maximum Gasteiger partial charge on any atom is 0.332 e. The van der Waals surface area contributed by atoms with E-state index in [4.69, 9.17) is 4.74 Å². The first-order valence-corrected chi connectivity index (χ1v) is 10.9. The van der Waals surface area contributed by atoms with Gasteiger partial charge in [0, 0.05) is 25.4 Å². The van der Waals surface area contributed by atoms with Gasteiger partial charge in [-0.2, -0.15) is 0 Å². The van der Waals surface area contributed by atoms with E-state index in [2.05, 4.69) is 11.7 Å². The van der Waals surface area contributed by atoms with Crippen LogP contribution >= 0.6 is 0 Å². The van der Waals surface area contributed by atoms with Gasteiger partial charge in [-0.15, -0.1) is 0 Å². The molecule has 1 aliphatic carbocycles. The number of carbonyl (C=O) groups is 2. The molecule has 0 aromatic heterocycles. The summed E-state index contributed by atoms with van der Waals surface area (Å²) in [6.07, 6.45) is 13.6. The molecule has 1 rings (SSSR count). The predicted molar refractivity (Wildman–Crippen MR) is 112 cm³/mol. The van der Waals surface area contributed by atoms with Crippen LogP contribution in [0.15, 0.2) is 24.3 Å². The lowest BCUT2D eigenvalue weighted by Gasteiger charge is -2.16. The molecule has 0 bridgehead atoms. The largest absolute Gasteiger partial charge is 0.464 e. The maximum atomic E-state index is 12.2. The third-order valence-corrected chi connectivity index (χ3v) is 5.24. The molecule has 1 aliphatic rings. The fourth-order valence-corrected chi connectivity index (χ4v) is 3.55. The first-order chi connectivity index (χ1) is 14.0. The number of unbranched alkanes of at least 4 members (excludes halogenated alkanes) is 4. The van der Waals surface area contributed by atoms with Gasteiger partial charge >= 0.3 is 5.97 Å². The third-order valence-electron chi connectivity index (χ3n) is 5.24. The van der Waals surface area contributed by atoms with Gasteiger partial charge < -0.3 is 19.7 Å². The van der Waals surface area contributed by atoms with Crippen LogP contribution in [0.3, 0.4) is 0 Å². The number of hydrogen-bond acceptors (Lipinski definition) is 6. The number of ether oxygens (including phenoxy) is 2. The van der Waals surface area contributed by atoms with Crippen molar-refractivity contribution in [3.8, 4) is 0 Å². The van der Waals surface area contributed by atoms with Crippen LogP contribution in [0.5, 0.6) is 0 Å². The number of aliphatic hydroxyl groups excluding tert-OH is 2. The second kappa shape index (κ2) is 15.4. The molecule has 6 heteroatoms. The van der Waals surface area contributed by atoms with Crippen molar-refractivity contribution >= 4 is 11.8 Å². The van der Waals surface area contributed by atoms with Crippen molar-refractivity contribution in [2.45, 2.75) is 76.9 Å². The van der Waals surface area contributed by atoms with E-state index in [9.17, 15) is 19.8 Å². The first-order valence-electron chi connectivity index (χ1n) is 10.9. The van der Waals surface area contributed by atoms with E-state index < -0.39 is 12.2 Å². The molecule has 0 aromatic rings. The highest BCUT2D eigenvalue weighted by molar-refractivity contribution is 5.84. The SMILES string of the molecule is CCCCC[C@H](O)C=C[C@H]1[C@H](O)CC(=O)[C@@H]1CC=CCCCCOC(=O)COC. The summed E-state index contributed by atoms with van der Waals surface area (Å²) in [5.41, 5.74) is 0. The molecule has 1 saturated carbocycles. The Bertz CT molecular complexity index is 527. The fraction of sp³-hybridized carbons (Fsp3) is 0.739. The molecular formula is C23H38O6. The Morgan fingerprint density at radius 3 is 2.76 bits per heavy atom. The van der Waals surface area contributed by atoms with Crippen molar-refractivity contribution in [2.24, 2.45) is 11.8 Å². The molecule has 2 N–H and O–H groups in total. The summed E-state index contributed by atoms with van der Waals surface area (Å²) in [5, 5.41) is 20.3. The van der Waals surface area contributed by atoms with E-state index in [0.29, 0.717) is 19.4 Å². The standard InChI is InChI=1S/C23H38O6/c1-3-4-8-11-18(24)13-14-20-19(21(25)16-22(20)26)12-9-6-5-7-10-15-29-23(27)17-28-2/h6,9,13-14,18-20,22,24,26H,3-5,7-8,10-12,15-17H2,1-2H3/t18-,19+,20+,22+/m0/s1. The Balaban J connectivity index is 2.33. The highest BCUT2D eigenvalue weighted by atomic mass is 16.6. The Morgan fingerprint density at radius 2 is 2.03 bits per heavy atom. The molecular weight excluding hydrogens is 372 g/mol. The Morgan fingerprint density at radius 1 is 1.24 bits per heavy atom. The maximum absolute atomic E-state index is 12.2. The molecule has 0 radical (unpaired) electrons. The summed E-state index contributed by atoms with van der Waals surface area (Å²) >= 11 is 0. The highest BCUT2D eigenvalue weighted by Crippen LogP contribution is 2.33. The number of esters is 1. The van der Waals surface area contributed by atoms with Crippen LogP contribution in [0, 0.1) is 11.8 Å². The molecule has 0 aromatic carbocycles. The normalized spacial score (nSPS) is 23.3. The Hall–Kier alpha value is -1.50. The smallest absolute Gasteiger partial charge is 0.332 e. The monoisotopic (exact) mass is 410 g/mol. The topological polar surface area (TPSA) is 93.1 Å². The number of ketones is 1. The van der Waals surface area contributed by atoms with Gasteiger partial charge in [-0.25, -0.2) is 4.79 Å². The van der Waals surface area contributed by atoms with Crippen LogP contribution < -0.4 is 0 Å². The number of hydrogen-bond donors (Lipinski definition) is 2. The number of allylic oxidation sites excluding steroid dienone is 2. The Kier molecular flexibility index (Phi) is 13.5. The second-order valence-corrected chi connectivity index (χ2v) is 7.73. The molecule has 0 spiro atoms. The minimum absolute atomic E-state index is 0.0213. The second-order valence-electron chi connectivity index (χ2n) is 7.73. The van der Waals surface area contributed by atoms with Crippen molar-refractivity contribution in [1.82, 2.24) is 0 Å². The quantitative estimate of drug-likeness (QED) is 0.244. The summed E-state index contributed by atoms with van der Waals surface area (Å²) in [6.45, 7) is 2.49. The predicted octanol–water partition coefficient (Wildman–Crippen LogP) is 3.36. The summed E-state index contributed by atoms with van der Waals surface area (Å²) in [7, 11) is 1.45. The van der Waals surface area contributed by atoms with Crippen molar-refractivity contribution in [2.75, 3.05) is 20.3 Å². The lowest BCUT2D eigenvalue weighted by molar-refractivity contribution is -0.148. The van der Waals surface area contributed by atoms with Crippen molar-refractivity contribution in [3.05, 3.63) is 24.3 Å². The molecule has 0 heterocycles. The van der Waals surface area contributed by atoms with Crippen LogP contribution in [0.25, 0.3) is 0 Å². The molecule has 0 aliphatic heterocycles. The van der Waals surface area contributed by atoms with Crippen molar-refractivity contribution < 1.29 is 29.3 Å². The molecule has 0 amide bonds. The van der Waals surface area contributed by atoms with E-state index in [0.717, 1.165) is 38.5 Å². The zero-order valence-corrected chi connectivity index (χ0v) is 17.9. The van der Waals surface area contributed by atoms with Gasteiger partial charge in [-0.3, -0.25) is 4.79 Å². The number of Topliss-reactive ketones (excluding diaryl/α,β-unsaturated/α-hetero) is 1. The van der Waals surface area contributed by atoms with Gasteiger partial charge in [0.1, 0.15) is 12.4 Å². The summed E-state index contributed by atoms with van der Waals surface area (Å²) in [6, 6.07) is 0. The average Bonchev–Trinajstić information content (AvgIpc) is 2.95. The summed E-state index contributed by atoms with van der Waals surface area (Å²) < 4.78 is 9.69. The van der Waals surface area contributed by atoms with Gasteiger partial charge in [-0.05, 0) is 32.1 Å². The number of methoxy groups -OCH3 is 1. The highest BCUT2D eigenvalue weighted by Gasteiger charge is 2.39.